The largest absolute Gasteiger partial charge is 0.270 e. The van der Waals surface area contributed by atoms with Crippen LogP contribution in [0.1, 0.15) is 69.4 Å². The molecule has 0 saturated heterocycles. The van der Waals surface area contributed by atoms with E-state index in [1.165, 1.54) is 51.0 Å². The van der Waals surface area contributed by atoms with E-state index in [1.54, 1.807) is 12.1 Å². The molecule has 0 aliphatic heterocycles. The second-order valence-corrected chi connectivity index (χ2v) is 6.34. The maximum Gasteiger partial charge on any atom is 0.270 e. The van der Waals surface area contributed by atoms with Gasteiger partial charge in [0.05, 0.1) is 0 Å². The van der Waals surface area contributed by atoms with Crippen LogP contribution in [0, 0.1) is 5.92 Å². The fourth-order valence-electron chi connectivity index (χ4n) is 3.24. The Kier molecular flexibility index (Phi) is 5.56. The Morgan fingerprint density at radius 3 is 2.55 bits per heavy atom. The zero-order valence-electron chi connectivity index (χ0n) is 12.5. The molecule has 1 aromatic carbocycles. The van der Waals surface area contributed by atoms with Crippen LogP contribution in [-0.2, 0) is 12.3 Å². The fraction of sp³-hybridized carbons (Fsp3) is 0.667. The van der Waals surface area contributed by atoms with Gasteiger partial charge in [0.15, 0.2) is 0 Å². The minimum atomic E-state index is -2.72. The van der Waals surface area contributed by atoms with Crippen molar-refractivity contribution in [1.82, 2.24) is 0 Å². The molecule has 0 N–H and O–H groups in total. The van der Waals surface area contributed by atoms with Gasteiger partial charge in [-0.05, 0) is 30.4 Å². The normalized spacial score (nSPS) is 16.8. The lowest BCUT2D eigenvalue weighted by molar-refractivity contribution is 0.0174. The van der Waals surface area contributed by atoms with Gasteiger partial charge in [0.1, 0.15) is 0 Å². The Labute approximate surface area is 121 Å². The molecule has 0 heterocycles. The van der Waals surface area contributed by atoms with Crippen LogP contribution in [0.3, 0.4) is 0 Å². The number of hydrogen-bond acceptors (Lipinski definition) is 0. The Bertz CT molecular complexity index is 400. The van der Waals surface area contributed by atoms with Gasteiger partial charge in [-0.15, -0.1) is 0 Å². The number of hydrogen-bond donors (Lipinski definition) is 0. The quantitative estimate of drug-likeness (QED) is 0.530. The van der Waals surface area contributed by atoms with E-state index >= 15 is 0 Å². The first-order valence-electron chi connectivity index (χ1n) is 8.03. The Morgan fingerprint density at radius 1 is 1.10 bits per heavy atom. The fourth-order valence-corrected chi connectivity index (χ4v) is 3.24. The zero-order valence-corrected chi connectivity index (χ0v) is 12.5. The van der Waals surface area contributed by atoms with Gasteiger partial charge < -0.3 is 0 Å². The standard InChI is InChI=1S/C18H26F2/c1-18(19,20)17-13-7-12-16(14-17)11-4-2-3-8-15-9-5-6-10-15/h7,12-15H,2-6,8-11H2,1H3. The predicted molar refractivity (Wildman–Crippen MR) is 80.1 cm³/mol. The molecule has 0 aromatic heterocycles. The molecule has 0 radical (unpaired) electrons. The molecular weight excluding hydrogens is 254 g/mol. The van der Waals surface area contributed by atoms with Gasteiger partial charge in [-0.1, -0.05) is 63.1 Å². The summed E-state index contributed by atoms with van der Waals surface area (Å²) in [7, 11) is 0. The topological polar surface area (TPSA) is 0 Å². The highest BCUT2D eigenvalue weighted by molar-refractivity contribution is 5.26. The number of benzene rings is 1. The van der Waals surface area contributed by atoms with Gasteiger partial charge >= 0.3 is 0 Å². The molecule has 2 heteroatoms. The van der Waals surface area contributed by atoms with Crippen molar-refractivity contribution in [3.05, 3.63) is 35.4 Å². The molecule has 1 saturated carbocycles. The van der Waals surface area contributed by atoms with E-state index in [4.69, 9.17) is 0 Å². The number of rotatable bonds is 7. The van der Waals surface area contributed by atoms with Gasteiger partial charge in [-0.25, -0.2) is 8.78 Å². The molecule has 0 amide bonds. The van der Waals surface area contributed by atoms with Crippen LogP contribution in [0.2, 0.25) is 0 Å². The first-order chi connectivity index (χ1) is 9.55. The van der Waals surface area contributed by atoms with Crippen LogP contribution in [0.25, 0.3) is 0 Å². The van der Waals surface area contributed by atoms with E-state index in [1.807, 2.05) is 6.07 Å². The highest BCUT2D eigenvalue weighted by Crippen LogP contribution is 2.30. The van der Waals surface area contributed by atoms with Crippen LogP contribution < -0.4 is 0 Å². The zero-order chi connectivity index (χ0) is 14.4. The highest BCUT2D eigenvalue weighted by Gasteiger charge is 2.23. The van der Waals surface area contributed by atoms with E-state index < -0.39 is 5.92 Å². The molecule has 0 unspecified atom stereocenters. The summed E-state index contributed by atoms with van der Waals surface area (Å²) >= 11 is 0. The highest BCUT2D eigenvalue weighted by atomic mass is 19.3. The first kappa shape index (κ1) is 15.5. The number of unbranched alkanes of at least 4 members (excludes halogenated alkanes) is 2. The van der Waals surface area contributed by atoms with Gasteiger partial charge in [0.2, 0.25) is 0 Å². The van der Waals surface area contributed by atoms with Gasteiger partial charge in [0.25, 0.3) is 5.92 Å². The van der Waals surface area contributed by atoms with E-state index in [9.17, 15) is 8.78 Å². The van der Waals surface area contributed by atoms with Gasteiger partial charge in [-0.2, -0.15) is 0 Å². The van der Waals surface area contributed by atoms with Crippen LogP contribution >= 0.6 is 0 Å². The molecule has 0 atom stereocenters. The SMILES string of the molecule is CC(F)(F)c1cccc(CCCCCC2CCCC2)c1. The molecule has 0 spiro atoms. The smallest absolute Gasteiger partial charge is 0.202 e. The van der Waals surface area contributed by atoms with Crippen molar-refractivity contribution in [3.8, 4) is 0 Å². The van der Waals surface area contributed by atoms with Crippen molar-refractivity contribution in [2.24, 2.45) is 5.92 Å². The lowest BCUT2D eigenvalue weighted by atomic mass is 9.98. The van der Waals surface area contributed by atoms with Crippen LogP contribution in [0.4, 0.5) is 8.78 Å². The van der Waals surface area contributed by atoms with Gasteiger partial charge in [-0.3, -0.25) is 0 Å². The summed E-state index contributed by atoms with van der Waals surface area (Å²) in [5.41, 5.74) is 1.19. The van der Waals surface area contributed by atoms with E-state index in [0.29, 0.717) is 0 Å². The van der Waals surface area contributed by atoms with Gasteiger partial charge in [0, 0.05) is 12.5 Å². The molecule has 0 nitrogen and oxygen atoms in total. The molecule has 20 heavy (non-hydrogen) atoms. The molecule has 1 aliphatic carbocycles. The third kappa shape index (κ3) is 4.88. The molecule has 2 rings (SSSR count). The van der Waals surface area contributed by atoms with Crippen LogP contribution in [0.5, 0.6) is 0 Å². The Morgan fingerprint density at radius 2 is 1.85 bits per heavy atom. The second-order valence-electron chi connectivity index (χ2n) is 6.34. The third-order valence-electron chi connectivity index (χ3n) is 4.49. The van der Waals surface area contributed by atoms with Crippen molar-refractivity contribution in [2.75, 3.05) is 0 Å². The average Bonchev–Trinajstić information content (AvgIpc) is 2.91. The Hall–Kier alpha value is -0.920. The minimum absolute atomic E-state index is 0.140. The van der Waals surface area contributed by atoms with Crippen LogP contribution in [-0.4, -0.2) is 0 Å². The number of aryl methyl sites for hydroxylation is 1. The lowest BCUT2D eigenvalue weighted by Crippen LogP contribution is -2.07. The third-order valence-corrected chi connectivity index (χ3v) is 4.49. The van der Waals surface area contributed by atoms with Crippen molar-refractivity contribution < 1.29 is 8.78 Å². The summed E-state index contributed by atoms with van der Waals surface area (Å²) in [4.78, 5) is 0. The summed E-state index contributed by atoms with van der Waals surface area (Å²) in [5, 5.41) is 0. The molecule has 112 valence electrons. The maximum atomic E-state index is 13.3. The molecule has 1 aliphatic rings. The van der Waals surface area contributed by atoms with Crippen molar-refractivity contribution in [2.45, 2.75) is 70.6 Å². The van der Waals surface area contributed by atoms with Crippen LogP contribution in [0.15, 0.2) is 24.3 Å². The molecule has 0 bridgehead atoms. The monoisotopic (exact) mass is 280 g/mol. The predicted octanol–water partition coefficient (Wildman–Crippen LogP) is 6.09. The maximum absolute atomic E-state index is 13.3. The van der Waals surface area contributed by atoms with E-state index in [-0.39, 0.29) is 5.56 Å². The second kappa shape index (κ2) is 7.19. The van der Waals surface area contributed by atoms with E-state index in [0.717, 1.165) is 31.2 Å². The number of halogens is 2. The lowest BCUT2D eigenvalue weighted by Gasteiger charge is -2.12. The molecular formula is C18H26F2. The molecule has 1 fully saturated rings. The summed E-state index contributed by atoms with van der Waals surface area (Å²) in [6.45, 7) is 0.966. The van der Waals surface area contributed by atoms with Crippen molar-refractivity contribution in [3.63, 3.8) is 0 Å². The summed E-state index contributed by atoms with van der Waals surface area (Å²) in [6, 6.07) is 6.90. The first-order valence-corrected chi connectivity index (χ1v) is 8.03. The van der Waals surface area contributed by atoms with Crippen molar-refractivity contribution in [1.29, 1.82) is 0 Å². The minimum Gasteiger partial charge on any atom is -0.202 e. The summed E-state index contributed by atoms with van der Waals surface area (Å²) < 4.78 is 26.5. The van der Waals surface area contributed by atoms with E-state index in [2.05, 4.69) is 0 Å². The van der Waals surface area contributed by atoms with Crippen molar-refractivity contribution >= 4 is 0 Å². The molecule has 1 aromatic rings. The Balaban J connectivity index is 1.68. The summed E-state index contributed by atoms with van der Waals surface area (Å²) in [5.74, 6) is -1.75. The average molecular weight is 280 g/mol. The summed E-state index contributed by atoms with van der Waals surface area (Å²) in [6.07, 6.45) is 11.6. The number of alkyl halides is 2.